The number of aryl methyl sites for hydroxylation is 1. The summed E-state index contributed by atoms with van der Waals surface area (Å²) in [5.74, 6) is 0.738. The Morgan fingerprint density at radius 1 is 1.00 bits per heavy atom. The summed E-state index contributed by atoms with van der Waals surface area (Å²) in [6.07, 6.45) is 0. The highest BCUT2D eigenvalue weighted by atomic mass is 16.7. The maximum absolute atomic E-state index is 12.5. The molecule has 8 heteroatoms. The van der Waals surface area contributed by atoms with E-state index < -0.39 is 11.9 Å². The van der Waals surface area contributed by atoms with Crippen molar-refractivity contribution < 1.29 is 19.1 Å². The monoisotopic (exact) mass is 364 g/mol. The quantitative estimate of drug-likeness (QED) is 0.607. The highest BCUT2D eigenvalue weighted by molar-refractivity contribution is 6.06. The number of amides is 3. The minimum Gasteiger partial charge on any atom is -0.454 e. The number of carbonyl (C=O) groups is 2. The van der Waals surface area contributed by atoms with Gasteiger partial charge in [0.1, 0.15) is 0 Å². The number of benzene rings is 2. The molecule has 27 heavy (non-hydrogen) atoms. The lowest BCUT2D eigenvalue weighted by Gasteiger charge is -2.11. The molecule has 0 fully saturated rings. The van der Waals surface area contributed by atoms with Gasteiger partial charge in [0.15, 0.2) is 11.5 Å². The zero-order chi connectivity index (χ0) is 18.8. The third-order valence-corrected chi connectivity index (χ3v) is 4.01. The first-order valence-electron chi connectivity index (χ1n) is 8.23. The molecule has 2 aromatic carbocycles. The van der Waals surface area contributed by atoms with E-state index >= 15 is 0 Å². The predicted molar refractivity (Wildman–Crippen MR) is 98.7 cm³/mol. The van der Waals surface area contributed by atoms with Crippen LogP contribution in [0.5, 0.6) is 11.5 Å². The molecule has 1 aliphatic heterocycles. The van der Waals surface area contributed by atoms with Gasteiger partial charge in [-0.25, -0.2) is 10.2 Å². The van der Waals surface area contributed by atoms with Gasteiger partial charge in [-0.15, -0.1) is 0 Å². The fraction of sp³-hybridized carbons (Fsp3) is 0.105. The van der Waals surface area contributed by atoms with E-state index in [1.165, 1.54) is 0 Å². The fourth-order valence-corrected chi connectivity index (χ4v) is 2.81. The van der Waals surface area contributed by atoms with Crippen LogP contribution in [0.1, 0.15) is 16.1 Å². The van der Waals surface area contributed by atoms with Gasteiger partial charge in [0, 0.05) is 22.8 Å². The van der Waals surface area contributed by atoms with E-state index in [4.69, 9.17) is 9.47 Å². The van der Waals surface area contributed by atoms with Crippen LogP contribution in [-0.4, -0.2) is 23.7 Å². The minimum atomic E-state index is -0.586. The van der Waals surface area contributed by atoms with Crippen molar-refractivity contribution in [2.75, 3.05) is 12.1 Å². The van der Waals surface area contributed by atoms with E-state index in [0.29, 0.717) is 39.3 Å². The average molecular weight is 364 g/mol. The Hall–Kier alpha value is -3.81. The summed E-state index contributed by atoms with van der Waals surface area (Å²) in [5, 5.41) is 3.32. The van der Waals surface area contributed by atoms with Crippen molar-refractivity contribution in [2.24, 2.45) is 0 Å². The number of rotatable bonds is 2. The van der Waals surface area contributed by atoms with E-state index in [9.17, 15) is 9.59 Å². The lowest BCUT2D eigenvalue weighted by molar-refractivity contribution is 0.0939. The van der Waals surface area contributed by atoms with Gasteiger partial charge in [-0.05, 0) is 31.2 Å². The first-order chi connectivity index (χ1) is 13.1. The summed E-state index contributed by atoms with van der Waals surface area (Å²) in [5.41, 5.74) is 7.11. The van der Waals surface area contributed by atoms with Crippen LogP contribution in [0.25, 0.3) is 10.9 Å². The SMILES string of the molecule is Cc1cc(C(=O)NNC(=O)Nc2ccc3c(c2)OCO3)c2ccccc2n1. The zero-order valence-corrected chi connectivity index (χ0v) is 14.4. The number of fused-ring (bicyclic) bond motifs is 2. The molecule has 1 aromatic heterocycles. The molecule has 0 radical (unpaired) electrons. The molecular formula is C19H16N4O4. The number of carbonyl (C=O) groups excluding carboxylic acids is 2. The number of hydrogen-bond acceptors (Lipinski definition) is 5. The van der Waals surface area contributed by atoms with Crippen molar-refractivity contribution in [1.29, 1.82) is 0 Å². The van der Waals surface area contributed by atoms with E-state index in [1.807, 2.05) is 31.2 Å². The zero-order valence-electron chi connectivity index (χ0n) is 14.4. The Labute approximate surface area is 154 Å². The van der Waals surface area contributed by atoms with Crippen LogP contribution in [-0.2, 0) is 0 Å². The number of anilines is 1. The number of urea groups is 1. The van der Waals surface area contributed by atoms with Crippen LogP contribution in [0.15, 0.2) is 48.5 Å². The summed E-state index contributed by atoms with van der Waals surface area (Å²) in [6.45, 7) is 1.96. The Bertz CT molecular complexity index is 1050. The largest absolute Gasteiger partial charge is 0.454 e. The first-order valence-corrected chi connectivity index (χ1v) is 8.23. The molecule has 3 amide bonds. The topological polar surface area (TPSA) is 102 Å². The van der Waals surface area contributed by atoms with Crippen molar-refractivity contribution in [3.05, 3.63) is 59.8 Å². The summed E-state index contributed by atoms with van der Waals surface area (Å²) in [4.78, 5) is 29.0. The van der Waals surface area contributed by atoms with E-state index in [2.05, 4.69) is 21.2 Å². The van der Waals surface area contributed by atoms with Crippen LogP contribution in [0.2, 0.25) is 0 Å². The molecule has 2 heterocycles. The molecule has 1 aliphatic rings. The standard InChI is InChI=1S/C19H16N4O4/c1-11-8-14(13-4-2-3-5-15(13)20-11)18(24)22-23-19(25)21-12-6-7-16-17(9-12)27-10-26-16/h2-9H,10H2,1H3,(H,22,24)(H2,21,23,25). The third kappa shape index (κ3) is 3.45. The molecule has 8 nitrogen and oxygen atoms in total. The Morgan fingerprint density at radius 2 is 1.81 bits per heavy atom. The second-order valence-electron chi connectivity index (χ2n) is 5.93. The molecule has 0 spiro atoms. The molecule has 3 N–H and O–H groups in total. The number of hydrazine groups is 1. The average Bonchev–Trinajstić information content (AvgIpc) is 3.13. The first kappa shape index (κ1) is 16.6. The number of para-hydroxylation sites is 1. The molecule has 0 saturated carbocycles. The number of hydrogen-bond donors (Lipinski definition) is 3. The second-order valence-corrected chi connectivity index (χ2v) is 5.93. The summed E-state index contributed by atoms with van der Waals surface area (Å²) in [7, 11) is 0. The van der Waals surface area contributed by atoms with Gasteiger partial charge in [-0.3, -0.25) is 15.2 Å². The minimum absolute atomic E-state index is 0.153. The number of ether oxygens (including phenoxy) is 2. The predicted octanol–water partition coefficient (Wildman–Crippen LogP) is 2.74. The molecule has 0 atom stereocenters. The Balaban J connectivity index is 1.43. The highest BCUT2D eigenvalue weighted by Crippen LogP contribution is 2.34. The van der Waals surface area contributed by atoms with E-state index in [0.717, 1.165) is 0 Å². The van der Waals surface area contributed by atoms with Crippen LogP contribution in [0, 0.1) is 6.92 Å². The molecule has 0 aliphatic carbocycles. The van der Waals surface area contributed by atoms with Crippen molar-refractivity contribution in [3.63, 3.8) is 0 Å². The smallest absolute Gasteiger partial charge is 0.337 e. The van der Waals surface area contributed by atoms with Gasteiger partial charge in [0.05, 0.1) is 11.1 Å². The number of aromatic nitrogens is 1. The van der Waals surface area contributed by atoms with Gasteiger partial charge in [0.2, 0.25) is 6.79 Å². The number of pyridine rings is 1. The lowest BCUT2D eigenvalue weighted by Crippen LogP contribution is -2.44. The summed E-state index contributed by atoms with van der Waals surface area (Å²) >= 11 is 0. The van der Waals surface area contributed by atoms with E-state index in [-0.39, 0.29) is 6.79 Å². The van der Waals surface area contributed by atoms with Crippen molar-refractivity contribution in [1.82, 2.24) is 15.8 Å². The second kappa shape index (κ2) is 6.83. The fourth-order valence-electron chi connectivity index (χ4n) is 2.81. The molecule has 0 bridgehead atoms. The van der Waals surface area contributed by atoms with Crippen LogP contribution < -0.4 is 25.6 Å². The third-order valence-electron chi connectivity index (χ3n) is 4.01. The lowest BCUT2D eigenvalue weighted by atomic mass is 10.1. The molecule has 3 aromatic rings. The molecular weight excluding hydrogens is 348 g/mol. The van der Waals surface area contributed by atoms with Crippen LogP contribution >= 0.6 is 0 Å². The van der Waals surface area contributed by atoms with Crippen molar-refractivity contribution >= 4 is 28.5 Å². The van der Waals surface area contributed by atoms with E-state index in [1.54, 1.807) is 24.3 Å². The van der Waals surface area contributed by atoms with Gasteiger partial charge in [0.25, 0.3) is 5.91 Å². The molecule has 136 valence electrons. The summed E-state index contributed by atoms with van der Waals surface area (Å²) < 4.78 is 10.5. The summed E-state index contributed by atoms with van der Waals surface area (Å²) in [6, 6.07) is 13.4. The number of nitrogens with zero attached hydrogens (tertiary/aromatic N) is 1. The van der Waals surface area contributed by atoms with Crippen molar-refractivity contribution in [2.45, 2.75) is 6.92 Å². The van der Waals surface area contributed by atoms with Gasteiger partial charge in [-0.2, -0.15) is 0 Å². The normalized spacial score (nSPS) is 11.9. The Kier molecular flexibility index (Phi) is 4.21. The molecule has 0 unspecified atom stereocenters. The van der Waals surface area contributed by atoms with Crippen LogP contribution in [0.3, 0.4) is 0 Å². The maximum Gasteiger partial charge on any atom is 0.337 e. The van der Waals surface area contributed by atoms with Gasteiger partial charge < -0.3 is 14.8 Å². The van der Waals surface area contributed by atoms with Gasteiger partial charge in [-0.1, -0.05) is 18.2 Å². The Morgan fingerprint density at radius 3 is 2.70 bits per heavy atom. The van der Waals surface area contributed by atoms with Gasteiger partial charge >= 0.3 is 6.03 Å². The molecule has 0 saturated heterocycles. The van der Waals surface area contributed by atoms with Crippen molar-refractivity contribution in [3.8, 4) is 11.5 Å². The number of nitrogens with one attached hydrogen (secondary N) is 3. The van der Waals surface area contributed by atoms with Crippen LogP contribution in [0.4, 0.5) is 10.5 Å². The highest BCUT2D eigenvalue weighted by Gasteiger charge is 2.15. The molecule has 4 rings (SSSR count). The maximum atomic E-state index is 12.5.